The van der Waals surface area contributed by atoms with Gasteiger partial charge in [-0.15, -0.1) is 0 Å². The van der Waals surface area contributed by atoms with Crippen LogP contribution in [0.1, 0.15) is 24.8 Å². The molecule has 1 saturated carbocycles. The number of alkyl carbamates (subject to hydrolysis) is 1. The van der Waals surface area contributed by atoms with E-state index in [-0.39, 0.29) is 12.6 Å². The van der Waals surface area contributed by atoms with Crippen molar-refractivity contribution in [3.8, 4) is 0 Å². The van der Waals surface area contributed by atoms with Gasteiger partial charge in [0.1, 0.15) is 6.61 Å². The van der Waals surface area contributed by atoms with E-state index in [1.165, 1.54) is 0 Å². The number of hydrogen-bond donors (Lipinski definition) is 2. The number of carbonyl (C=O) groups excluding carboxylic acids is 1. The van der Waals surface area contributed by atoms with Crippen molar-refractivity contribution >= 4 is 12.1 Å². The molecular formula is C17H22N2O4. The first-order valence-electron chi connectivity index (χ1n) is 8.06. The number of aliphatic carboxylic acids is 1. The Morgan fingerprint density at radius 2 is 1.96 bits per heavy atom. The second kappa shape index (κ2) is 7.00. The van der Waals surface area contributed by atoms with E-state index in [1.807, 2.05) is 30.3 Å². The Kier molecular flexibility index (Phi) is 4.81. The minimum Gasteiger partial charge on any atom is -0.481 e. The van der Waals surface area contributed by atoms with E-state index >= 15 is 0 Å². The number of likely N-dealkylation sites (tertiary alicyclic amines) is 1. The summed E-state index contributed by atoms with van der Waals surface area (Å²) in [5.41, 5.74) is 0.925. The number of ether oxygens (including phenoxy) is 1. The van der Waals surface area contributed by atoms with Crippen molar-refractivity contribution in [1.82, 2.24) is 10.2 Å². The van der Waals surface area contributed by atoms with Crippen LogP contribution in [0.25, 0.3) is 0 Å². The zero-order valence-electron chi connectivity index (χ0n) is 13.0. The average Bonchev–Trinajstić information content (AvgIpc) is 3.38. The number of piperidine rings is 1. The van der Waals surface area contributed by atoms with Gasteiger partial charge >= 0.3 is 12.1 Å². The number of hydrogen-bond acceptors (Lipinski definition) is 4. The summed E-state index contributed by atoms with van der Waals surface area (Å²) in [5, 5.41) is 12.1. The predicted molar refractivity (Wildman–Crippen MR) is 83.9 cm³/mol. The molecule has 3 rings (SSSR count). The summed E-state index contributed by atoms with van der Waals surface area (Å²) in [4.78, 5) is 25.5. The smallest absolute Gasteiger partial charge is 0.407 e. The lowest BCUT2D eigenvalue weighted by Gasteiger charge is -2.36. The lowest BCUT2D eigenvalue weighted by Crippen LogP contribution is -2.53. The normalized spacial score (nSPS) is 24.9. The molecule has 124 valence electrons. The van der Waals surface area contributed by atoms with Crippen LogP contribution in [-0.2, 0) is 16.1 Å². The van der Waals surface area contributed by atoms with Crippen LogP contribution in [0.5, 0.6) is 0 Å². The highest BCUT2D eigenvalue weighted by atomic mass is 16.5. The number of benzene rings is 1. The molecule has 2 aliphatic rings. The van der Waals surface area contributed by atoms with Gasteiger partial charge in [0.2, 0.25) is 0 Å². The molecule has 6 heteroatoms. The molecule has 1 aromatic rings. The summed E-state index contributed by atoms with van der Waals surface area (Å²) in [5.74, 6) is -1.22. The van der Waals surface area contributed by atoms with E-state index in [1.54, 1.807) is 0 Å². The molecule has 0 spiro atoms. The van der Waals surface area contributed by atoms with Crippen molar-refractivity contribution in [2.45, 2.75) is 38.0 Å². The summed E-state index contributed by atoms with van der Waals surface area (Å²) in [6.45, 7) is 1.50. The van der Waals surface area contributed by atoms with Crippen LogP contribution in [0.4, 0.5) is 4.79 Å². The van der Waals surface area contributed by atoms with Gasteiger partial charge in [-0.25, -0.2) is 4.79 Å². The maximum atomic E-state index is 12.0. The third-order valence-corrected chi connectivity index (χ3v) is 4.43. The van der Waals surface area contributed by atoms with Gasteiger partial charge < -0.3 is 15.2 Å². The summed E-state index contributed by atoms with van der Waals surface area (Å²) in [6.07, 6.45) is 2.22. The first-order valence-corrected chi connectivity index (χ1v) is 8.06. The van der Waals surface area contributed by atoms with E-state index in [0.29, 0.717) is 25.6 Å². The quantitative estimate of drug-likeness (QED) is 0.866. The van der Waals surface area contributed by atoms with Gasteiger partial charge in [0.25, 0.3) is 0 Å². The number of carboxylic acids is 1. The fraction of sp³-hybridized carbons (Fsp3) is 0.529. The van der Waals surface area contributed by atoms with E-state index < -0.39 is 18.0 Å². The Hall–Kier alpha value is -2.08. The third kappa shape index (κ3) is 4.45. The second-order valence-corrected chi connectivity index (χ2v) is 6.36. The van der Waals surface area contributed by atoms with Crippen LogP contribution in [0, 0.1) is 5.92 Å². The maximum Gasteiger partial charge on any atom is 0.407 e. The first kappa shape index (κ1) is 15.8. The molecule has 2 N–H and O–H groups in total. The SMILES string of the molecule is O=C(NC1CC(C(=O)O)CN(C2CC2)C1)OCc1ccccc1. The fourth-order valence-corrected chi connectivity index (χ4v) is 3.09. The Labute approximate surface area is 135 Å². The van der Waals surface area contributed by atoms with Crippen molar-refractivity contribution in [1.29, 1.82) is 0 Å². The van der Waals surface area contributed by atoms with Gasteiger partial charge in [-0.2, -0.15) is 0 Å². The Balaban J connectivity index is 1.51. The van der Waals surface area contributed by atoms with Crippen LogP contribution in [0.2, 0.25) is 0 Å². The molecule has 2 atom stereocenters. The summed E-state index contributed by atoms with van der Waals surface area (Å²) in [7, 11) is 0. The van der Waals surface area contributed by atoms with Gasteiger partial charge in [-0.1, -0.05) is 30.3 Å². The van der Waals surface area contributed by atoms with Crippen molar-refractivity contribution < 1.29 is 19.4 Å². The highest BCUT2D eigenvalue weighted by molar-refractivity contribution is 5.71. The van der Waals surface area contributed by atoms with E-state index in [9.17, 15) is 14.7 Å². The fourth-order valence-electron chi connectivity index (χ4n) is 3.09. The highest BCUT2D eigenvalue weighted by Crippen LogP contribution is 2.31. The largest absolute Gasteiger partial charge is 0.481 e. The zero-order valence-corrected chi connectivity index (χ0v) is 13.0. The lowest BCUT2D eigenvalue weighted by atomic mass is 9.94. The molecule has 1 aliphatic heterocycles. The van der Waals surface area contributed by atoms with Crippen LogP contribution in [-0.4, -0.2) is 47.2 Å². The van der Waals surface area contributed by atoms with Gasteiger partial charge in [0, 0.05) is 25.2 Å². The number of rotatable bonds is 5. The first-order chi connectivity index (χ1) is 11.1. The highest BCUT2D eigenvalue weighted by Gasteiger charge is 2.39. The second-order valence-electron chi connectivity index (χ2n) is 6.36. The van der Waals surface area contributed by atoms with Gasteiger partial charge in [0.05, 0.1) is 5.92 Å². The zero-order chi connectivity index (χ0) is 16.2. The molecule has 1 aliphatic carbocycles. The van der Waals surface area contributed by atoms with Crippen molar-refractivity contribution in [3.63, 3.8) is 0 Å². The molecule has 6 nitrogen and oxygen atoms in total. The van der Waals surface area contributed by atoms with E-state index in [0.717, 1.165) is 18.4 Å². The van der Waals surface area contributed by atoms with Gasteiger partial charge in [-0.3, -0.25) is 9.69 Å². The topological polar surface area (TPSA) is 78.9 Å². The monoisotopic (exact) mass is 318 g/mol. The van der Waals surface area contributed by atoms with E-state index in [4.69, 9.17) is 4.74 Å². The van der Waals surface area contributed by atoms with Crippen molar-refractivity contribution in [3.05, 3.63) is 35.9 Å². The van der Waals surface area contributed by atoms with Crippen LogP contribution < -0.4 is 5.32 Å². The minimum atomic E-state index is -0.792. The third-order valence-electron chi connectivity index (χ3n) is 4.43. The molecule has 23 heavy (non-hydrogen) atoms. The number of nitrogens with one attached hydrogen (secondary N) is 1. The molecule has 0 bridgehead atoms. The van der Waals surface area contributed by atoms with E-state index in [2.05, 4.69) is 10.2 Å². The molecule has 1 aromatic carbocycles. The predicted octanol–water partition coefficient (Wildman–Crippen LogP) is 1.85. The number of carboxylic acid groups (broad SMARTS) is 1. The average molecular weight is 318 g/mol. The molecule has 2 unspecified atom stereocenters. The van der Waals surface area contributed by atoms with Crippen LogP contribution >= 0.6 is 0 Å². The summed E-state index contributed by atoms with van der Waals surface area (Å²) >= 11 is 0. The Bertz CT molecular complexity index is 559. The number of carbonyl (C=O) groups is 2. The molecule has 1 saturated heterocycles. The maximum absolute atomic E-state index is 12.0. The molecule has 0 radical (unpaired) electrons. The summed E-state index contributed by atoms with van der Waals surface area (Å²) in [6, 6.07) is 9.79. The van der Waals surface area contributed by atoms with Crippen molar-refractivity contribution in [2.24, 2.45) is 5.92 Å². The molecule has 1 heterocycles. The van der Waals surface area contributed by atoms with Crippen LogP contribution in [0.15, 0.2) is 30.3 Å². The number of amides is 1. The van der Waals surface area contributed by atoms with Crippen LogP contribution in [0.3, 0.4) is 0 Å². The summed E-state index contributed by atoms with van der Waals surface area (Å²) < 4.78 is 5.22. The standard InChI is InChI=1S/C17H22N2O4/c20-16(21)13-8-14(10-19(9-13)15-6-7-15)18-17(22)23-11-12-4-2-1-3-5-12/h1-5,13-15H,6-11H2,(H,18,22)(H,20,21). The molecule has 1 amide bonds. The molecule has 0 aromatic heterocycles. The lowest BCUT2D eigenvalue weighted by molar-refractivity contribution is -0.144. The Morgan fingerprint density at radius 1 is 1.22 bits per heavy atom. The Morgan fingerprint density at radius 3 is 2.61 bits per heavy atom. The molecular weight excluding hydrogens is 296 g/mol. The van der Waals surface area contributed by atoms with Gasteiger partial charge in [-0.05, 0) is 24.8 Å². The number of nitrogens with zero attached hydrogens (tertiary/aromatic N) is 1. The van der Waals surface area contributed by atoms with Gasteiger partial charge in [0.15, 0.2) is 0 Å². The molecule has 2 fully saturated rings. The minimum absolute atomic E-state index is 0.172. The van der Waals surface area contributed by atoms with Crippen molar-refractivity contribution in [2.75, 3.05) is 13.1 Å².